The number of rotatable bonds is 3. The maximum atomic E-state index is 12.9. The van der Waals surface area contributed by atoms with Gasteiger partial charge in [0.2, 0.25) is 11.8 Å². The monoisotopic (exact) mass is 237 g/mol. The van der Waals surface area contributed by atoms with Crippen LogP contribution < -0.4 is 5.73 Å². The Morgan fingerprint density at radius 1 is 1.47 bits per heavy atom. The number of nitrogens with two attached hydrogens (primary N) is 1. The van der Waals surface area contributed by atoms with Crippen LogP contribution >= 0.6 is 0 Å². The summed E-state index contributed by atoms with van der Waals surface area (Å²) >= 11 is 0. The molecular formula is C10H8FN3O3. The highest BCUT2D eigenvalue weighted by molar-refractivity contribution is 5.73. The van der Waals surface area contributed by atoms with E-state index in [4.69, 9.17) is 15.3 Å². The van der Waals surface area contributed by atoms with Gasteiger partial charge in [0.05, 0.1) is 0 Å². The average molecular weight is 237 g/mol. The SMILES string of the molecule is NC(C(=O)O)c1nnc(-c2cccc(F)c2)o1. The number of benzene rings is 1. The zero-order valence-electron chi connectivity index (χ0n) is 8.50. The van der Waals surface area contributed by atoms with Crippen LogP contribution in [0.4, 0.5) is 4.39 Å². The molecule has 0 saturated carbocycles. The number of nitrogens with zero attached hydrogens (tertiary/aromatic N) is 2. The molecule has 0 spiro atoms. The third-order valence-corrected chi connectivity index (χ3v) is 2.04. The molecule has 1 aromatic carbocycles. The maximum absolute atomic E-state index is 12.9. The quantitative estimate of drug-likeness (QED) is 0.824. The van der Waals surface area contributed by atoms with Crippen LogP contribution in [0, 0.1) is 5.82 Å². The number of aromatic nitrogens is 2. The van der Waals surface area contributed by atoms with Crippen LogP contribution in [-0.2, 0) is 4.79 Å². The van der Waals surface area contributed by atoms with E-state index < -0.39 is 17.8 Å². The zero-order chi connectivity index (χ0) is 12.4. The van der Waals surface area contributed by atoms with Crippen molar-refractivity contribution in [2.45, 2.75) is 6.04 Å². The highest BCUT2D eigenvalue weighted by Gasteiger charge is 2.21. The summed E-state index contributed by atoms with van der Waals surface area (Å²) in [7, 11) is 0. The fourth-order valence-corrected chi connectivity index (χ4v) is 1.20. The summed E-state index contributed by atoms with van der Waals surface area (Å²) in [6.45, 7) is 0. The lowest BCUT2D eigenvalue weighted by atomic mass is 10.2. The van der Waals surface area contributed by atoms with E-state index in [0.29, 0.717) is 5.56 Å². The third kappa shape index (κ3) is 2.28. The molecule has 7 heteroatoms. The lowest BCUT2D eigenvalue weighted by Crippen LogP contribution is -2.20. The van der Waals surface area contributed by atoms with Crippen LogP contribution in [0.2, 0.25) is 0 Å². The Kier molecular flexibility index (Phi) is 2.84. The fraction of sp³-hybridized carbons (Fsp3) is 0.100. The molecule has 1 atom stereocenters. The van der Waals surface area contributed by atoms with Crippen LogP contribution in [0.25, 0.3) is 11.5 Å². The van der Waals surface area contributed by atoms with Gasteiger partial charge < -0.3 is 15.3 Å². The molecule has 1 heterocycles. The number of halogens is 1. The molecule has 88 valence electrons. The van der Waals surface area contributed by atoms with E-state index in [0.717, 1.165) is 0 Å². The van der Waals surface area contributed by atoms with Gasteiger partial charge in [-0.15, -0.1) is 10.2 Å². The van der Waals surface area contributed by atoms with Crippen molar-refractivity contribution in [1.29, 1.82) is 0 Å². The van der Waals surface area contributed by atoms with Crippen molar-refractivity contribution < 1.29 is 18.7 Å². The minimum Gasteiger partial charge on any atom is -0.480 e. The Hall–Kier alpha value is -2.28. The molecule has 17 heavy (non-hydrogen) atoms. The molecule has 0 aliphatic heterocycles. The predicted octanol–water partition coefficient (Wildman–Crippen LogP) is 0.960. The summed E-state index contributed by atoms with van der Waals surface area (Å²) in [6, 6.07) is 4.12. The number of carboxylic acid groups (broad SMARTS) is 1. The van der Waals surface area contributed by atoms with Gasteiger partial charge in [-0.3, -0.25) is 0 Å². The first kappa shape index (κ1) is 11.2. The Morgan fingerprint density at radius 2 is 2.24 bits per heavy atom. The molecule has 6 nitrogen and oxygen atoms in total. The van der Waals surface area contributed by atoms with E-state index in [-0.39, 0.29) is 11.8 Å². The Morgan fingerprint density at radius 3 is 2.88 bits per heavy atom. The van der Waals surface area contributed by atoms with Crippen molar-refractivity contribution in [1.82, 2.24) is 10.2 Å². The van der Waals surface area contributed by atoms with Crippen molar-refractivity contribution in [3.8, 4) is 11.5 Å². The molecule has 1 unspecified atom stereocenters. The lowest BCUT2D eigenvalue weighted by Gasteiger charge is -1.98. The third-order valence-electron chi connectivity index (χ3n) is 2.04. The van der Waals surface area contributed by atoms with Crippen LogP contribution in [0.1, 0.15) is 11.9 Å². The topological polar surface area (TPSA) is 102 Å². The summed E-state index contributed by atoms with van der Waals surface area (Å²) < 4.78 is 18.0. The van der Waals surface area contributed by atoms with Gasteiger partial charge in [0.25, 0.3) is 0 Å². The number of carboxylic acids is 1. The molecule has 1 aromatic heterocycles. The van der Waals surface area contributed by atoms with Crippen molar-refractivity contribution >= 4 is 5.97 Å². The first-order valence-electron chi connectivity index (χ1n) is 4.65. The Balaban J connectivity index is 2.33. The second kappa shape index (κ2) is 4.30. The summed E-state index contributed by atoms with van der Waals surface area (Å²) in [6.07, 6.45) is 0. The summed E-state index contributed by atoms with van der Waals surface area (Å²) in [5.41, 5.74) is 5.65. The van der Waals surface area contributed by atoms with Gasteiger partial charge in [-0.05, 0) is 18.2 Å². The second-order valence-corrected chi connectivity index (χ2v) is 3.27. The van der Waals surface area contributed by atoms with Crippen molar-refractivity contribution in [3.05, 3.63) is 36.0 Å². The number of hydrogen-bond acceptors (Lipinski definition) is 5. The normalized spacial score (nSPS) is 12.4. The summed E-state index contributed by atoms with van der Waals surface area (Å²) in [5, 5.41) is 15.7. The minimum atomic E-state index is -1.38. The number of aliphatic carboxylic acids is 1. The van der Waals surface area contributed by atoms with Crippen molar-refractivity contribution in [3.63, 3.8) is 0 Å². The molecule has 2 rings (SSSR count). The summed E-state index contributed by atoms with van der Waals surface area (Å²) in [5.74, 6) is -1.93. The van der Waals surface area contributed by atoms with Crippen molar-refractivity contribution in [2.75, 3.05) is 0 Å². The lowest BCUT2D eigenvalue weighted by molar-refractivity contribution is -0.139. The molecule has 0 radical (unpaired) electrons. The van der Waals surface area contributed by atoms with E-state index >= 15 is 0 Å². The predicted molar refractivity (Wildman–Crippen MR) is 54.3 cm³/mol. The fourth-order valence-electron chi connectivity index (χ4n) is 1.20. The van der Waals surface area contributed by atoms with Gasteiger partial charge >= 0.3 is 5.97 Å². The van der Waals surface area contributed by atoms with Crippen molar-refractivity contribution in [2.24, 2.45) is 5.73 Å². The molecule has 0 aliphatic rings. The van der Waals surface area contributed by atoms with E-state index in [1.54, 1.807) is 6.07 Å². The van der Waals surface area contributed by atoms with E-state index in [2.05, 4.69) is 10.2 Å². The van der Waals surface area contributed by atoms with Crippen LogP contribution in [0.3, 0.4) is 0 Å². The summed E-state index contributed by atoms with van der Waals surface area (Å²) in [4.78, 5) is 10.6. The Bertz CT molecular complexity index is 555. The second-order valence-electron chi connectivity index (χ2n) is 3.27. The maximum Gasteiger partial charge on any atom is 0.330 e. The van der Waals surface area contributed by atoms with Gasteiger partial charge in [-0.25, -0.2) is 9.18 Å². The molecule has 0 amide bonds. The van der Waals surface area contributed by atoms with Gasteiger partial charge in [0.15, 0.2) is 6.04 Å². The first-order chi connectivity index (χ1) is 8.08. The van der Waals surface area contributed by atoms with Gasteiger partial charge in [-0.1, -0.05) is 6.07 Å². The highest BCUT2D eigenvalue weighted by Crippen LogP contribution is 2.20. The standard InChI is InChI=1S/C10H8FN3O3/c11-6-3-1-2-5(4-6)8-13-14-9(17-8)7(12)10(15)16/h1-4,7H,12H2,(H,15,16). The number of hydrogen-bond donors (Lipinski definition) is 2. The molecular weight excluding hydrogens is 229 g/mol. The van der Waals surface area contributed by atoms with Crippen LogP contribution in [0.15, 0.2) is 28.7 Å². The zero-order valence-corrected chi connectivity index (χ0v) is 8.50. The molecule has 3 N–H and O–H groups in total. The number of carbonyl (C=O) groups is 1. The van der Waals surface area contributed by atoms with E-state index in [1.165, 1.54) is 18.2 Å². The van der Waals surface area contributed by atoms with Gasteiger partial charge in [-0.2, -0.15) is 0 Å². The van der Waals surface area contributed by atoms with Gasteiger partial charge in [0.1, 0.15) is 5.82 Å². The molecule has 2 aromatic rings. The smallest absolute Gasteiger partial charge is 0.330 e. The van der Waals surface area contributed by atoms with E-state index in [1.807, 2.05) is 0 Å². The van der Waals surface area contributed by atoms with Crippen LogP contribution in [0.5, 0.6) is 0 Å². The first-order valence-corrected chi connectivity index (χ1v) is 4.65. The average Bonchev–Trinajstić information content (AvgIpc) is 2.77. The van der Waals surface area contributed by atoms with Crippen LogP contribution in [-0.4, -0.2) is 21.3 Å². The van der Waals surface area contributed by atoms with Gasteiger partial charge in [0, 0.05) is 5.56 Å². The largest absolute Gasteiger partial charge is 0.480 e. The Labute approximate surface area is 94.9 Å². The molecule has 0 fully saturated rings. The highest BCUT2D eigenvalue weighted by atomic mass is 19.1. The molecule has 0 bridgehead atoms. The molecule has 0 saturated heterocycles. The molecule has 0 aliphatic carbocycles. The minimum absolute atomic E-state index is 0.0243. The van der Waals surface area contributed by atoms with E-state index in [9.17, 15) is 9.18 Å².